The molecule has 0 aliphatic heterocycles. The lowest BCUT2D eigenvalue weighted by molar-refractivity contribution is -0.134. The SMILES string of the molecule is CCCCCCCCOc1ccc(NC(=O)C/C=C/C(=O)OC)cc1. The Hall–Kier alpha value is -2.30. The van der Waals surface area contributed by atoms with Crippen LogP contribution in [0.1, 0.15) is 51.9 Å². The van der Waals surface area contributed by atoms with Gasteiger partial charge in [-0.05, 0) is 30.7 Å². The largest absolute Gasteiger partial charge is 0.494 e. The van der Waals surface area contributed by atoms with E-state index in [0.717, 1.165) is 18.8 Å². The molecule has 0 saturated heterocycles. The first-order valence-electron chi connectivity index (χ1n) is 8.93. The Labute approximate surface area is 150 Å². The number of hydrogen-bond donors (Lipinski definition) is 1. The van der Waals surface area contributed by atoms with Crippen molar-refractivity contribution >= 4 is 17.6 Å². The number of benzene rings is 1. The number of methoxy groups -OCH3 is 1. The molecular formula is C20H29NO4. The second kappa shape index (κ2) is 13.0. The highest BCUT2D eigenvalue weighted by atomic mass is 16.5. The van der Waals surface area contributed by atoms with Crippen LogP contribution in [-0.2, 0) is 14.3 Å². The smallest absolute Gasteiger partial charge is 0.330 e. The van der Waals surface area contributed by atoms with Crippen molar-refractivity contribution < 1.29 is 19.1 Å². The van der Waals surface area contributed by atoms with Gasteiger partial charge in [0, 0.05) is 18.2 Å². The molecule has 0 fully saturated rings. The monoisotopic (exact) mass is 347 g/mol. The van der Waals surface area contributed by atoms with Crippen LogP contribution >= 0.6 is 0 Å². The number of ether oxygens (including phenoxy) is 2. The van der Waals surface area contributed by atoms with Gasteiger partial charge in [0.1, 0.15) is 5.75 Å². The highest BCUT2D eigenvalue weighted by Crippen LogP contribution is 2.16. The first kappa shape index (κ1) is 20.7. The summed E-state index contributed by atoms with van der Waals surface area (Å²) < 4.78 is 10.2. The summed E-state index contributed by atoms with van der Waals surface area (Å²) in [4.78, 5) is 22.6. The zero-order valence-electron chi connectivity index (χ0n) is 15.3. The van der Waals surface area contributed by atoms with Gasteiger partial charge in [0.25, 0.3) is 0 Å². The number of amides is 1. The molecule has 0 unspecified atom stereocenters. The van der Waals surface area contributed by atoms with E-state index in [0.29, 0.717) is 5.69 Å². The highest BCUT2D eigenvalue weighted by molar-refractivity contribution is 5.92. The number of hydrogen-bond acceptors (Lipinski definition) is 4. The average Bonchev–Trinajstić information content (AvgIpc) is 2.62. The third-order valence-corrected chi connectivity index (χ3v) is 3.66. The molecule has 0 aliphatic rings. The molecule has 1 aromatic carbocycles. The molecule has 25 heavy (non-hydrogen) atoms. The van der Waals surface area contributed by atoms with Crippen LogP contribution in [0.3, 0.4) is 0 Å². The summed E-state index contributed by atoms with van der Waals surface area (Å²) in [7, 11) is 1.29. The molecule has 0 aliphatic carbocycles. The molecule has 0 spiro atoms. The fourth-order valence-electron chi connectivity index (χ4n) is 2.25. The lowest BCUT2D eigenvalue weighted by atomic mass is 10.1. The summed E-state index contributed by atoms with van der Waals surface area (Å²) in [5.41, 5.74) is 0.698. The minimum Gasteiger partial charge on any atom is -0.494 e. The Bertz CT molecular complexity index is 537. The molecule has 1 aromatic rings. The maximum absolute atomic E-state index is 11.7. The Morgan fingerprint density at radius 2 is 1.72 bits per heavy atom. The van der Waals surface area contributed by atoms with E-state index in [1.807, 2.05) is 12.1 Å². The predicted octanol–water partition coefficient (Wildman–Crippen LogP) is 4.48. The quantitative estimate of drug-likeness (QED) is 0.344. The summed E-state index contributed by atoms with van der Waals surface area (Å²) in [5.74, 6) is 0.137. The molecule has 0 radical (unpaired) electrons. The van der Waals surface area contributed by atoms with Crippen molar-refractivity contribution in [2.24, 2.45) is 0 Å². The fourth-order valence-corrected chi connectivity index (χ4v) is 2.25. The van der Waals surface area contributed by atoms with Crippen molar-refractivity contribution in [3.63, 3.8) is 0 Å². The first-order valence-corrected chi connectivity index (χ1v) is 8.93. The van der Waals surface area contributed by atoms with Crippen molar-refractivity contribution in [3.8, 4) is 5.75 Å². The molecule has 0 atom stereocenters. The van der Waals surface area contributed by atoms with E-state index in [1.54, 1.807) is 12.1 Å². The van der Waals surface area contributed by atoms with Crippen molar-refractivity contribution in [2.45, 2.75) is 51.9 Å². The summed E-state index contributed by atoms with van der Waals surface area (Å²) in [6.45, 7) is 2.93. The van der Waals surface area contributed by atoms with E-state index >= 15 is 0 Å². The summed E-state index contributed by atoms with van der Waals surface area (Å²) >= 11 is 0. The summed E-state index contributed by atoms with van der Waals surface area (Å²) in [5, 5.41) is 2.76. The Balaban J connectivity index is 2.23. The van der Waals surface area contributed by atoms with E-state index in [2.05, 4.69) is 17.0 Å². The normalized spacial score (nSPS) is 10.6. The molecule has 5 heteroatoms. The summed E-state index contributed by atoms with van der Waals surface area (Å²) in [6, 6.07) is 7.30. The van der Waals surface area contributed by atoms with Gasteiger partial charge in [0.15, 0.2) is 0 Å². The van der Waals surface area contributed by atoms with Gasteiger partial charge in [-0.25, -0.2) is 4.79 Å². The van der Waals surface area contributed by atoms with Gasteiger partial charge in [-0.1, -0.05) is 45.1 Å². The van der Waals surface area contributed by atoms with Gasteiger partial charge in [-0.15, -0.1) is 0 Å². The van der Waals surface area contributed by atoms with Gasteiger partial charge >= 0.3 is 5.97 Å². The molecule has 0 heterocycles. The van der Waals surface area contributed by atoms with E-state index in [4.69, 9.17) is 4.74 Å². The molecule has 138 valence electrons. The lowest BCUT2D eigenvalue weighted by Gasteiger charge is -2.08. The van der Waals surface area contributed by atoms with Gasteiger partial charge < -0.3 is 14.8 Å². The van der Waals surface area contributed by atoms with E-state index in [1.165, 1.54) is 51.4 Å². The standard InChI is InChI=1S/C20H29NO4/c1-3-4-5-6-7-8-16-25-18-14-12-17(13-15-18)21-19(22)10-9-11-20(23)24-2/h9,11-15H,3-8,10,16H2,1-2H3,(H,21,22)/b11-9+. The van der Waals surface area contributed by atoms with Gasteiger partial charge in [-0.3, -0.25) is 4.79 Å². The molecule has 1 amide bonds. The first-order chi connectivity index (χ1) is 12.2. The van der Waals surface area contributed by atoms with Crippen molar-refractivity contribution in [1.29, 1.82) is 0 Å². The third kappa shape index (κ3) is 10.2. The minimum absolute atomic E-state index is 0.116. The Kier molecular flexibility index (Phi) is 10.8. The number of carbonyl (C=O) groups excluding carboxylic acids is 2. The molecule has 0 saturated carbocycles. The van der Waals surface area contributed by atoms with Gasteiger partial charge in [-0.2, -0.15) is 0 Å². The lowest BCUT2D eigenvalue weighted by Crippen LogP contribution is -2.10. The minimum atomic E-state index is -0.473. The van der Waals surface area contributed by atoms with Crippen molar-refractivity contribution in [2.75, 3.05) is 19.0 Å². The maximum Gasteiger partial charge on any atom is 0.330 e. The van der Waals surface area contributed by atoms with Crippen LogP contribution < -0.4 is 10.1 Å². The Morgan fingerprint density at radius 1 is 1.04 bits per heavy atom. The number of rotatable bonds is 12. The second-order valence-corrected chi connectivity index (χ2v) is 5.82. The topological polar surface area (TPSA) is 64.6 Å². The van der Waals surface area contributed by atoms with Crippen LogP contribution in [0.5, 0.6) is 5.75 Å². The number of unbranched alkanes of at least 4 members (excludes halogenated alkanes) is 5. The van der Waals surface area contributed by atoms with Crippen LogP contribution in [0.15, 0.2) is 36.4 Å². The van der Waals surface area contributed by atoms with Crippen LogP contribution in [0, 0.1) is 0 Å². The number of esters is 1. The third-order valence-electron chi connectivity index (χ3n) is 3.66. The molecule has 0 aromatic heterocycles. The number of nitrogens with one attached hydrogen (secondary N) is 1. The molecule has 1 rings (SSSR count). The van der Waals surface area contributed by atoms with Crippen molar-refractivity contribution in [1.82, 2.24) is 0 Å². The molecular weight excluding hydrogens is 318 g/mol. The average molecular weight is 347 g/mol. The fraction of sp³-hybridized carbons (Fsp3) is 0.500. The molecule has 5 nitrogen and oxygen atoms in total. The van der Waals surface area contributed by atoms with Crippen molar-refractivity contribution in [3.05, 3.63) is 36.4 Å². The van der Waals surface area contributed by atoms with Crippen LogP contribution in [0.25, 0.3) is 0 Å². The van der Waals surface area contributed by atoms with E-state index in [9.17, 15) is 9.59 Å². The maximum atomic E-state index is 11.7. The number of anilines is 1. The highest BCUT2D eigenvalue weighted by Gasteiger charge is 2.01. The molecule has 1 N–H and O–H groups in total. The predicted molar refractivity (Wildman–Crippen MR) is 99.7 cm³/mol. The van der Waals surface area contributed by atoms with Gasteiger partial charge in [0.2, 0.25) is 5.91 Å². The number of carbonyl (C=O) groups is 2. The van der Waals surface area contributed by atoms with Crippen LogP contribution in [0.4, 0.5) is 5.69 Å². The zero-order chi connectivity index (χ0) is 18.3. The second-order valence-electron chi connectivity index (χ2n) is 5.82. The molecule has 0 bridgehead atoms. The van der Waals surface area contributed by atoms with Crippen LogP contribution in [0.2, 0.25) is 0 Å². The Morgan fingerprint density at radius 3 is 2.40 bits per heavy atom. The van der Waals surface area contributed by atoms with Crippen LogP contribution in [-0.4, -0.2) is 25.6 Å². The van der Waals surface area contributed by atoms with E-state index < -0.39 is 5.97 Å². The van der Waals surface area contributed by atoms with E-state index in [-0.39, 0.29) is 12.3 Å². The van der Waals surface area contributed by atoms with Gasteiger partial charge in [0.05, 0.1) is 13.7 Å². The summed E-state index contributed by atoms with van der Waals surface area (Å²) in [6.07, 6.45) is 10.2. The zero-order valence-corrected chi connectivity index (χ0v) is 15.3.